The molecule has 0 bridgehead atoms. The van der Waals surface area contributed by atoms with E-state index in [-0.39, 0.29) is 0 Å². The quantitative estimate of drug-likeness (QED) is 0.231. The first kappa shape index (κ1) is 19.6. The Kier molecular flexibility index (Phi) is 18.2. The molecule has 0 saturated heterocycles. The molecule has 0 nitrogen and oxygen atoms in total. The van der Waals surface area contributed by atoms with Gasteiger partial charge in [0.1, 0.15) is 0 Å². The van der Waals surface area contributed by atoms with Gasteiger partial charge in [-0.25, -0.2) is 0 Å². The van der Waals surface area contributed by atoms with E-state index in [9.17, 15) is 0 Å². The smallest absolute Gasteiger partial charge is 0.00886 e. The van der Waals surface area contributed by atoms with Crippen molar-refractivity contribution in [3.63, 3.8) is 0 Å². The zero-order chi connectivity index (χ0) is 14.7. The normalized spacial score (nSPS) is 10.3. The Balaban J connectivity index is 3.06. The minimum atomic E-state index is 1.13. The van der Waals surface area contributed by atoms with E-state index in [1.165, 1.54) is 89.9 Å². The molecule has 0 aliphatic carbocycles. The third kappa shape index (κ3) is 17.6. The van der Waals surface area contributed by atoms with Crippen LogP contribution in [-0.4, -0.2) is 0 Å². The van der Waals surface area contributed by atoms with E-state index in [0.29, 0.717) is 0 Å². The first-order chi connectivity index (χ1) is 9.91. The molecule has 0 saturated carbocycles. The molecule has 0 aromatic carbocycles. The van der Waals surface area contributed by atoms with E-state index in [2.05, 4.69) is 25.7 Å². The summed E-state index contributed by atoms with van der Waals surface area (Å²) < 4.78 is 0. The first-order valence-corrected chi connectivity index (χ1v) is 9.37. The molecule has 20 heavy (non-hydrogen) atoms. The van der Waals surface area contributed by atoms with Crippen LogP contribution in [0.15, 0.2) is 0 Å². The third-order valence-electron chi connectivity index (χ3n) is 3.94. The molecule has 0 aromatic heterocycles. The molecule has 0 amide bonds. The molecule has 0 N–H and O–H groups in total. The lowest BCUT2D eigenvalue weighted by Crippen LogP contribution is -1.80. The first-order valence-electron chi connectivity index (χ1n) is 9.37. The lowest BCUT2D eigenvalue weighted by molar-refractivity contribution is 0.592. The predicted octanol–water partition coefficient (Wildman–Crippen LogP) is 7.27. The fraction of sp³-hybridized carbons (Fsp3) is 0.900. The summed E-state index contributed by atoms with van der Waals surface area (Å²) in [5, 5.41) is 0. The summed E-state index contributed by atoms with van der Waals surface area (Å²) in [6.45, 7) is 4.56. The minimum absolute atomic E-state index is 1.13. The molecule has 118 valence electrons. The molecule has 0 fully saturated rings. The highest BCUT2D eigenvalue weighted by Gasteiger charge is 1.90. The minimum Gasteiger partial charge on any atom is -0.103 e. The summed E-state index contributed by atoms with van der Waals surface area (Å²) >= 11 is 0. The number of hydrogen-bond donors (Lipinski definition) is 0. The van der Waals surface area contributed by atoms with Crippen molar-refractivity contribution >= 4 is 0 Å². The van der Waals surface area contributed by atoms with Gasteiger partial charge in [-0.3, -0.25) is 0 Å². The molecule has 0 heteroatoms. The van der Waals surface area contributed by atoms with E-state index in [0.717, 1.165) is 12.8 Å². The molecule has 0 radical (unpaired) electrons. The second-order valence-electron chi connectivity index (χ2n) is 6.10. The Morgan fingerprint density at radius 2 is 0.700 bits per heavy atom. The van der Waals surface area contributed by atoms with Gasteiger partial charge in [-0.05, 0) is 12.8 Å². The highest BCUT2D eigenvalue weighted by Crippen LogP contribution is 2.09. The van der Waals surface area contributed by atoms with Gasteiger partial charge in [0.05, 0.1) is 0 Å². The zero-order valence-electron chi connectivity index (χ0n) is 14.3. The largest absolute Gasteiger partial charge is 0.103 e. The molecule has 0 heterocycles. The fourth-order valence-electron chi connectivity index (χ4n) is 2.52. The van der Waals surface area contributed by atoms with Crippen molar-refractivity contribution in [3.8, 4) is 11.8 Å². The molecule has 0 unspecified atom stereocenters. The number of rotatable bonds is 14. The van der Waals surface area contributed by atoms with Crippen LogP contribution in [0.2, 0.25) is 0 Å². The van der Waals surface area contributed by atoms with Gasteiger partial charge in [0.15, 0.2) is 0 Å². The number of hydrogen-bond acceptors (Lipinski definition) is 0. The van der Waals surface area contributed by atoms with E-state index in [4.69, 9.17) is 0 Å². The Hall–Kier alpha value is -0.440. The van der Waals surface area contributed by atoms with Crippen LogP contribution in [0.3, 0.4) is 0 Å². The van der Waals surface area contributed by atoms with Crippen LogP contribution in [0.1, 0.15) is 117 Å². The van der Waals surface area contributed by atoms with Crippen LogP contribution in [0.25, 0.3) is 0 Å². The van der Waals surface area contributed by atoms with Crippen molar-refractivity contribution < 1.29 is 0 Å². The summed E-state index contributed by atoms with van der Waals surface area (Å²) in [6.07, 6.45) is 21.7. The average Bonchev–Trinajstić information content (AvgIpc) is 2.47. The van der Waals surface area contributed by atoms with Crippen molar-refractivity contribution in [2.24, 2.45) is 0 Å². The molecular weight excluding hydrogens is 240 g/mol. The van der Waals surface area contributed by atoms with Crippen molar-refractivity contribution in [2.75, 3.05) is 0 Å². The zero-order valence-corrected chi connectivity index (χ0v) is 14.3. The van der Waals surface area contributed by atoms with Crippen LogP contribution in [0, 0.1) is 11.8 Å². The van der Waals surface area contributed by atoms with E-state index >= 15 is 0 Å². The Morgan fingerprint density at radius 1 is 0.400 bits per heavy atom. The van der Waals surface area contributed by atoms with Gasteiger partial charge in [0.25, 0.3) is 0 Å². The van der Waals surface area contributed by atoms with Gasteiger partial charge < -0.3 is 0 Å². The van der Waals surface area contributed by atoms with E-state index < -0.39 is 0 Å². The highest BCUT2D eigenvalue weighted by atomic mass is 14.0. The molecule has 0 aliphatic rings. The van der Waals surface area contributed by atoms with E-state index in [1.807, 2.05) is 0 Å². The molecule has 0 spiro atoms. The lowest BCUT2D eigenvalue weighted by atomic mass is 10.1. The topological polar surface area (TPSA) is 0 Å². The maximum absolute atomic E-state index is 3.35. The second kappa shape index (κ2) is 18.6. The molecule has 0 aromatic rings. The van der Waals surface area contributed by atoms with E-state index in [1.54, 1.807) is 0 Å². The van der Waals surface area contributed by atoms with Crippen LogP contribution < -0.4 is 0 Å². The summed E-state index contributed by atoms with van der Waals surface area (Å²) in [4.78, 5) is 0. The highest BCUT2D eigenvalue weighted by molar-refractivity contribution is 4.98. The van der Waals surface area contributed by atoms with Crippen molar-refractivity contribution in [1.29, 1.82) is 0 Å². The fourth-order valence-corrected chi connectivity index (χ4v) is 2.52. The molecule has 0 rings (SSSR count). The maximum atomic E-state index is 3.35. The lowest BCUT2D eigenvalue weighted by Gasteiger charge is -1.98. The van der Waals surface area contributed by atoms with Crippen molar-refractivity contribution in [1.82, 2.24) is 0 Å². The van der Waals surface area contributed by atoms with Gasteiger partial charge in [0.2, 0.25) is 0 Å². The van der Waals surface area contributed by atoms with Crippen LogP contribution in [-0.2, 0) is 0 Å². The monoisotopic (exact) mass is 278 g/mol. The summed E-state index contributed by atoms with van der Waals surface area (Å²) in [5.41, 5.74) is 0. The summed E-state index contributed by atoms with van der Waals surface area (Å²) in [7, 11) is 0. The van der Waals surface area contributed by atoms with Gasteiger partial charge in [-0.15, -0.1) is 11.8 Å². The summed E-state index contributed by atoms with van der Waals surface area (Å²) in [5.74, 6) is 6.70. The number of unbranched alkanes of at least 4 members (excludes halogenated alkanes) is 14. The van der Waals surface area contributed by atoms with Crippen molar-refractivity contribution in [2.45, 2.75) is 117 Å². The Morgan fingerprint density at radius 3 is 1.05 bits per heavy atom. The van der Waals surface area contributed by atoms with Crippen molar-refractivity contribution in [3.05, 3.63) is 0 Å². The standard InChI is InChI=1S/C20H38/c1-3-5-7-9-11-13-15-17-19-20-18-16-14-12-10-8-6-4-2/h3-18H2,1-2H3. The molecular formula is C20H38. The van der Waals surface area contributed by atoms with Crippen LogP contribution >= 0.6 is 0 Å². The second-order valence-corrected chi connectivity index (χ2v) is 6.10. The van der Waals surface area contributed by atoms with Gasteiger partial charge >= 0.3 is 0 Å². The third-order valence-corrected chi connectivity index (χ3v) is 3.94. The SMILES string of the molecule is CCCCCCCCCC#CCCCCCCCCC. The summed E-state index contributed by atoms with van der Waals surface area (Å²) in [6, 6.07) is 0. The van der Waals surface area contributed by atoms with Gasteiger partial charge in [-0.2, -0.15) is 0 Å². The Bertz CT molecular complexity index is 196. The Labute approximate surface area is 129 Å². The van der Waals surface area contributed by atoms with Gasteiger partial charge in [0, 0.05) is 12.8 Å². The maximum Gasteiger partial charge on any atom is 0.00886 e. The van der Waals surface area contributed by atoms with Crippen LogP contribution in [0.5, 0.6) is 0 Å². The predicted molar refractivity (Wildman–Crippen MR) is 93.0 cm³/mol. The van der Waals surface area contributed by atoms with Crippen LogP contribution in [0.4, 0.5) is 0 Å². The molecule has 0 aliphatic heterocycles. The van der Waals surface area contributed by atoms with Gasteiger partial charge in [-0.1, -0.05) is 90.9 Å². The molecule has 0 atom stereocenters. The average molecular weight is 279 g/mol.